The van der Waals surface area contributed by atoms with Crippen LogP contribution in [0.5, 0.6) is 0 Å². The number of hydrogen-bond acceptors (Lipinski definition) is 3. The highest BCUT2D eigenvalue weighted by Gasteiger charge is 2.40. The van der Waals surface area contributed by atoms with E-state index in [4.69, 9.17) is 0 Å². The topological polar surface area (TPSA) is 47.1 Å². The Kier molecular flexibility index (Phi) is 9.34. The lowest BCUT2D eigenvalue weighted by Gasteiger charge is -2.47. The Morgan fingerprint density at radius 1 is 0.907 bits per heavy atom. The molecule has 2 aromatic carbocycles. The Balaban J connectivity index is 1.62. The molecule has 2 saturated heterocycles. The first-order valence-corrected chi connectivity index (χ1v) is 14.1. The van der Waals surface area contributed by atoms with Crippen LogP contribution in [0, 0.1) is 12.7 Å². The number of halogens is 7. The maximum Gasteiger partial charge on any atom is 0.416 e. The average Bonchev–Trinajstić information content (AvgIpc) is 2.94. The van der Waals surface area contributed by atoms with Gasteiger partial charge in [0.15, 0.2) is 0 Å². The number of aryl methyl sites for hydroxylation is 1. The quantitative estimate of drug-likeness (QED) is 0.362. The van der Waals surface area contributed by atoms with E-state index in [1.807, 2.05) is 0 Å². The van der Waals surface area contributed by atoms with Crippen LogP contribution in [-0.4, -0.2) is 77.4 Å². The van der Waals surface area contributed by atoms with Crippen molar-refractivity contribution in [2.24, 2.45) is 0 Å². The highest BCUT2D eigenvalue weighted by molar-refractivity contribution is 5.76. The molecule has 4 rings (SSSR count). The third-order valence-electron chi connectivity index (χ3n) is 8.66. The van der Waals surface area contributed by atoms with Gasteiger partial charge in [0.2, 0.25) is 5.91 Å². The van der Waals surface area contributed by atoms with E-state index in [2.05, 4.69) is 4.90 Å². The summed E-state index contributed by atoms with van der Waals surface area (Å²) in [6.45, 7) is 7.36. The molecule has 0 aromatic heterocycles. The first-order valence-electron chi connectivity index (χ1n) is 14.1. The van der Waals surface area contributed by atoms with Crippen molar-refractivity contribution in [1.29, 1.82) is 0 Å². The predicted octanol–water partition coefficient (Wildman–Crippen LogP) is 6.65. The molecule has 13 heteroatoms. The molecule has 6 nitrogen and oxygen atoms in total. The van der Waals surface area contributed by atoms with Gasteiger partial charge in [-0.1, -0.05) is 6.07 Å². The second kappa shape index (κ2) is 12.3. The molecule has 43 heavy (non-hydrogen) atoms. The maximum atomic E-state index is 14.0. The predicted molar refractivity (Wildman–Crippen MR) is 145 cm³/mol. The van der Waals surface area contributed by atoms with Crippen molar-refractivity contribution in [3.63, 3.8) is 0 Å². The summed E-state index contributed by atoms with van der Waals surface area (Å²) < 4.78 is 95.0. The zero-order valence-corrected chi connectivity index (χ0v) is 24.4. The van der Waals surface area contributed by atoms with Crippen molar-refractivity contribution >= 4 is 11.9 Å². The molecule has 2 aliphatic rings. The Hall–Kier alpha value is -3.35. The minimum atomic E-state index is -5.01. The second-order valence-electron chi connectivity index (χ2n) is 11.3. The largest absolute Gasteiger partial charge is 0.416 e. The number of nitrogens with zero attached hydrogens (tertiary/aromatic N) is 4. The van der Waals surface area contributed by atoms with Crippen LogP contribution in [-0.2, 0) is 17.1 Å². The van der Waals surface area contributed by atoms with Gasteiger partial charge in [-0.05, 0) is 73.7 Å². The number of alkyl halides is 6. The first-order chi connectivity index (χ1) is 20.0. The smallest absolute Gasteiger partial charge is 0.340 e. The average molecular weight is 617 g/mol. The zero-order chi connectivity index (χ0) is 31.9. The molecule has 236 valence electrons. The molecule has 2 aliphatic heterocycles. The van der Waals surface area contributed by atoms with Crippen LogP contribution in [0.3, 0.4) is 0 Å². The standard InChI is InChI=1S/C30H35F7N4O2/c1-18-13-24(31)5-6-26(18)27-17-25(40-11-9-39(10-12-40)20(3)42)7-8-41(27)28(43)38(4)19(2)21-14-22(29(32,33)34)16-23(15-21)30(35,36)37/h5-6,13-16,19,25,27H,7-12,17H2,1-4H3/t19-,25+,27-/m0/s1. The van der Waals surface area contributed by atoms with Crippen molar-refractivity contribution in [3.05, 3.63) is 70.0 Å². The Morgan fingerprint density at radius 3 is 2.00 bits per heavy atom. The molecule has 0 saturated carbocycles. The van der Waals surface area contributed by atoms with Gasteiger partial charge < -0.3 is 14.7 Å². The molecule has 2 aromatic rings. The normalized spacial score (nSPS) is 21.1. The fourth-order valence-corrected chi connectivity index (χ4v) is 6.03. The Labute approximate surface area is 246 Å². The molecule has 2 fully saturated rings. The number of carbonyl (C=O) groups is 2. The van der Waals surface area contributed by atoms with Gasteiger partial charge >= 0.3 is 18.4 Å². The van der Waals surface area contributed by atoms with Gasteiger partial charge in [-0.15, -0.1) is 0 Å². The third kappa shape index (κ3) is 7.25. The van der Waals surface area contributed by atoms with E-state index in [-0.39, 0.29) is 30.1 Å². The van der Waals surface area contributed by atoms with E-state index >= 15 is 0 Å². The van der Waals surface area contributed by atoms with Gasteiger partial charge in [-0.3, -0.25) is 9.69 Å². The van der Waals surface area contributed by atoms with Crippen molar-refractivity contribution in [1.82, 2.24) is 19.6 Å². The summed E-state index contributed by atoms with van der Waals surface area (Å²) in [5.41, 5.74) is -1.87. The van der Waals surface area contributed by atoms with Crippen molar-refractivity contribution < 1.29 is 40.3 Å². The molecule has 0 radical (unpaired) electrons. The van der Waals surface area contributed by atoms with E-state index in [0.29, 0.717) is 62.3 Å². The lowest BCUT2D eigenvalue weighted by atomic mass is 9.88. The van der Waals surface area contributed by atoms with Crippen LogP contribution in [0.4, 0.5) is 35.5 Å². The number of rotatable bonds is 4. The number of amides is 3. The van der Waals surface area contributed by atoms with Crippen LogP contribution < -0.4 is 0 Å². The SMILES string of the molecule is CC(=O)N1CCN([C@@H]2CCN(C(=O)N(C)[C@@H](C)c3cc(C(F)(F)F)cc(C(F)(F)F)c3)[C@H](c3ccc(F)cc3C)C2)CC1. The molecule has 0 unspecified atom stereocenters. The molecular weight excluding hydrogens is 581 g/mol. The molecule has 0 N–H and O–H groups in total. The maximum absolute atomic E-state index is 14.0. The summed E-state index contributed by atoms with van der Waals surface area (Å²) >= 11 is 0. The second-order valence-corrected chi connectivity index (χ2v) is 11.3. The van der Waals surface area contributed by atoms with Crippen LogP contribution in [0.2, 0.25) is 0 Å². The molecule has 3 amide bonds. The van der Waals surface area contributed by atoms with Gasteiger partial charge in [0, 0.05) is 52.7 Å². The minimum Gasteiger partial charge on any atom is -0.340 e. The van der Waals surface area contributed by atoms with Gasteiger partial charge in [0.25, 0.3) is 0 Å². The Bertz CT molecular complexity index is 1310. The van der Waals surface area contributed by atoms with Crippen molar-refractivity contribution in [2.45, 2.75) is 64.1 Å². The summed E-state index contributed by atoms with van der Waals surface area (Å²) in [5.74, 6) is -0.442. The summed E-state index contributed by atoms with van der Waals surface area (Å²) in [5, 5.41) is 0. The van der Waals surface area contributed by atoms with Crippen LogP contribution in [0.1, 0.15) is 66.6 Å². The van der Waals surface area contributed by atoms with E-state index in [1.165, 1.54) is 33.0 Å². The van der Waals surface area contributed by atoms with Gasteiger partial charge in [-0.25, -0.2) is 9.18 Å². The van der Waals surface area contributed by atoms with E-state index in [0.717, 1.165) is 4.90 Å². The van der Waals surface area contributed by atoms with Crippen LogP contribution in [0.25, 0.3) is 0 Å². The molecule has 0 aliphatic carbocycles. The number of hydrogen-bond donors (Lipinski definition) is 0. The van der Waals surface area contributed by atoms with Gasteiger partial charge in [-0.2, -0.15) is 26.3 Å². The van der Waals surface area contributed by atoms with E-state index in [9.17, 15) is 40.3 Å². The summed E-state index contributed by atoms with van der Waals surface area (Å²) in [6.07, 6.45) is -8.96. The number of piperidine rings is 1. The third-order valence-corrected chi connectivity index (χ3v) is 8.66. The van der Waals surface area contributed by atoms with Gasteiger partial charge in [0.05, 0.1) is 23.2 Å². The van der Waals surface area contributed by atoms with E-state index < -0.39 is 47.4 Å². The van der Waals surface area contributed by atoms with Gasteiger partial charge in [0.1, 0.15) is 5.82 Å². The van der Waals surface area contributed by atoms with Crippen LogP contribution >= 0.6 is 0 Å². The lowest BCUT2D eigenvalue weighted by molar-refractivity contribution is -0.143. The monoisotopic (exact) mass is 616 g/mol. The molecule has 3 atom stereocenters. The van der Waals surface area contributed by atoms with Crippen LogP contribution in [0.15, 0.2) is 36.4 Å². The molecule has 2 heterocycles. The molecule has 0 bridgehead atoms. The summed E-state index contributed by atoms with van der Waals surface area (Å²) in [7, 11) is 1.35. The van der Waals surface area contributed by atoms with Crippen molar-refractivity contribution in [3.8, 4) is 0 Å². The fraction of sp³-hybridized carbons (Fsp3) is 0.533. The number of piperazine rings is 1. The molecule has 0 spiro atoms. The molecular formula is C30H35F7N4O2. The highest BCUT2D eigenvalue weighted by Crippen LogP contribution is 2.40. The van der Waals surface area contributed by atoms with E-state index in [1.54, 1.807) is 22.8 Å². The number of urea groups is 1. The first kappa shape index (κ1) is 32.6. The van der Waals surface area contributed by atoms with Crippen molar-refractivity contribution in [2.75, 3.05) is 39.8 Å². The summed E-state index contributed by atoms with van der Waals surface area (Å²) in [4.78, 5) is 32.4. The summed E-state index contributed by atoms with van der Waals surface area (Å²) in [6, 6.07) is 3.46. The number of carbonyl (C=O) groups excluding carboxylic acids is 2. The fourth-order valence-electron chi connectivity index (χ4n) is 6.03. The number of likely N-dealkylation sites (tertiary alicyclic amines) is 1. The minimum absolute atomic E-state index is 0.000149. The Morgan fingerprint density at radius 2 is 1.49 bits per heavy atom. The zero-order valence-electron chi connectivity index (χ0n) is 24.4. The lowest BCUT2D eigenvalue weighted by Crippen LogP contribution is -2.56. The number of benzene rings is 2. The highest BCUT2D eigenvalue weighted by atomic mass is 19.4.